The smallest absolute Gasteiger partial charge is 0.254 e. The van der Waals surface area contributed by atoms with Gasteiger partial charge in [0.15, 0.2) is 0 Å². The summed E-state index contributed by atoms with van der Waals surface area (Å²) in [5.74, 6) is 1.05. The molecule has 3 aromatic carbocycles. The van der Waals surface area contributed by atoms with Gasteiger partial charge in [-0.2, -0.15) is 0 Å². The standard InChI is InChI=1S/C28H30FNO4/c1-32-24-10-5-9-23(18-24)28(31)30(20-26-12-6-15-33-26)19-21-7-4-11-25(17-21)34-16-14-22-8-2-3-13-27(22)29/h2-5,7-11,13,17-18,26H,6,12,14-16,19-20H2,1H3. The van der Waals surface area contributed by atoms with Crippen molar-refractivity contribution in [1.82, 2.24) is 4.90 Å². The summed E-state index contributed by atoms with van der Waals surface area (Å²) in [6.45, 7) is 2.05. The first-order chi connectivity index (χ1) is 16.6. The lowest BCUT2D eigenvalue weighted by Crippen LogP contribution is -2.37. The predicted octanol–water partition coefficient (Wildman–Crippen LogP) is 5.28. The van der Waals surface area contributed by atoms with Gasteiger partial charge in [0.2, 0.25) is 0 Å². The largest absolute Gasteiger partial charge is 0.497 e. The average Bonchev–Trinajstić information content (AvgIpc) is 3.38. The number of ether oxygens (including phenoxy) is 3. The highest BCUT2D eigenvalue weighted by Gasteiger charge is 2.24. The molecule has 4 rings (SSSR count). The van der Waals surface area contributed by atoms with Gasteiger partial charge >= 0.3 is 0 Å². The molecule has 1 unspecified atom stereocenters. The van der Waals surface area contributed by atoms with Crippen LogP contribution in [0.25, 0.3) is 0 Å². The van der Waals surface area contributed by atoms with Gasteiger partial charge in [0.25, 0.3) is 5.91 Å². The van der Waals surface area contributed by atoms with E-state index in [0.29, 0.717) is 48.7 Å². The number of rotatable bonds is 10. The van der Waals surface area contributed by atoms with Crippen LogP contribution in [0.1, 0.15) is 34.3 Å². The van der Waals surface area contributed by atoms with E-state index in [-0.39, 0.29) is 17.8 Å². The normalized spacial score (nSPS) is 15.2. The molecule has 1 heterocycles. The molecule has 0 aliphatic carbocycles. The van der Waals surface area contributed by atoms with Crippen LogP contribution < -0.4 is 9.47 Å². The maximum atomic E-state index is 13.8. The summed E-state index contributed by atoms with van der Waals surface area (Å²) in [6.07, 6.45) is 2.48. The van der Waals surface area contributed by atoms with Crippen molar-refractivity contribution < 1.29 is 23.4 Å². The minimum atomic E-state index is -0.222. The fourth-order valence-electron chi connectivity index (χ4n) is 4.13. The third-order valence-corrected chi connectivity index (χ3v) is 5.92. The van der Waals surface area contributed by atoms with Gasteiger partial charge in [-0.15, -0.1) is 0 Å². The van der Waals surface area contributed by atoms with Crippen molar-refractivity contribution >= 4 is 5.91 Å². The molecule has 1 fully saturated rings. The highest BCUT2D eigenvalue weighted by molar-refractivity contribution is 5.94. The molecule has 3 aromatic rings. The molecule has 0 N–H and O–H groups in total. The Morgan fingerprint density at radius 1 is 1.06 bits per heavy atom. The summed E-state index contributed by atoms with van der Waals surface area (Å²) in [6, 6.07) is 21.6. The molecular formula is C28H30FNO4. The summed E-state index contributed by atoms with van der Waals surface area (Å²) in [4.78, 5) is 15.2. The van der Waals surface area contributed by atoms with E-state index in [1.807, 2.05) is 47.4 Å². The zero-order valence-corrected chi connectivity index (χ0v) is 19.4. The van der Waals surface area contributed by atoms with Crippen LogP contribution in [0.4, 0.5) is 4.39 Å². The van der Waals surface area contributed by atoms with Gasteiger partial charge in [0.1, 0.15) is 17.3 Å². The van der Waals surface area contributed by atoms with Crippen molar-refractivity contribution in [3.8, 4) is 11.5 Å². The molecule has 5 nitrogen and oxygen atoms in total. The number of hydrogen-bond acceptors (Lipinski definition) is 4. The van der Waals surface area contributed by atoms with E-state index < -0.39 is 0 Å². The molecule has 0 aromatic heterocycles. The van der Waals surface area contributed by atoms with Crippen molar-refractivity contribution in [1.29, 1.82) is 0 Å². The lowest BCUT2D eigenvalue weighted by Gasteiger charge is -2.26. The molecule has 6 heteroatoms. The van der Waals surface area contributed by atoms with Crippen LogP contribution in [0.2, 0.25) is 0 Å². The molecule has 0 radical (unpaired) electrons. The van der Waals surface area contributed by atoms with Crippen LogP contribution in [0.3, 0.4) is 0 Å². The van der Waals surface area contributed by atoms with Gasteiger partial charge in [-0.25, -0.2) is 4.39 Å². The summed E-state index contributed by atoms with van der Waals surface area (Å²) < 4.78 is 30.8. The maximum absolute atomic E-state index is 13.8. The predicted molar refractivity (Wildman–Crippen MR) is 129 cm³/mol. The van der Waals surface area contributed by atoms with Crippen LogP contribution in [0.15, 0.2) is 72.8 Å². The van der Waals surface area contributed by atoms with E-state index in [1.54, 1.807) is 31.4 Å². The molecule has 1 amide bonds. The van der Waals surface area contributed by atoms with E-state index in [9.17, 15) is 9.18 Å². The van der Waals surface area contributed by atoms with E-state index >= 15 is 0 Å². The summed E-state index contributed by atoms with van der Waals surface area (Å²) in [5, 5.41) is 0. The van der Waals surface area contributed by atoms with Gasteiger partial charge in [-0.1, -0.05) is 36.4 Å². The van der Waals surface area contributed by atoms with E-state index in [0.717, 1.165) is 25.0 Å². The first-order valence-corrected chi connectivity index (χ1v) is 11.6. The Morgan fingerprint density at radius 3 is 2.68 bits per heavy atom. The molecule has 1 saturated heterocycles. The Bertz CT molecular complexity index is 1100. The number of benzene rings is 3. The number of carbonyl (C=O) groups is 1. The summed E-state index contributed by atoms with van der Waals surface area (Å²) >= 11 is 0. The molecule has 0 bridgehead atoms. The first kappa shape index (κ1) is 23.8. The Labute approximate surface area is 200 Å². The Balaban J connectivity index is 1.44. The topological polar surface area (TPSA) is 48.0 Å². The monoisotopic (exact) mass is 463 g/mol. The van der Waals surface area contributed by atoms with Crippen molar-refractivity contribution in [2.24, 2.45) is 0 Å². The number of hydrogen-bond donors (Lipinski definition) is 0. The second kappa shape index (κ2) is 11.7. The minimum absolute atomic E-state index is 0.0368. The van der Waals surface area contributed by atoms with Gasteiger partial charge in [0, 0.05) is 31.7 Å². The number of halogens is 1. The third kappa shape index (κ3) is 6.35. The third-order valence-electron chi connectivity index (χ3n) is 5.92. The Hall–Kier alpha value is -3.38. The maximum Gasteiger partial charge on any atom is 0.254 e. The highest BCUT2D eigenvalue weighted by atomic mass is 19.1. The van der Waals surface area contributed by atoms with Crippen molar-refractivity contribution in [3.63, 3.8) is 0 Å². The number of nitrogens with zero attached hydrogens (tertiary/aromatic N) is 1. The second-order valence-corrected chi connectivity index (χ2v) is 8.39. The number of carbonyl (C=O) groups excluding carboxylic acids is 1. The van der Waals surface area contributed by atoms with Crippen LogP contribution in [0, 0.1) is 5.82 Å². The molecule has 178 valence electrons. The quantitative estimate of drug-likeness (QED) is 0.411. The number of methoxy groups -OCH3 is 1. The summed E-state index contributed by atoms with van der Waals surface area (Å²) in [5.41, 5.74) is 2.16. The van der Waals surface area contributed by atoms with Crippen LogP contribution >= 0.6 is 0 Å². The molecule has 34 heavy (non-hydrogen) atoms. The van der Waals surface area contributed by atoms with Gasteiger partial charge < -0.3 is 19.1 Å². The highest BCUT2D eigenvalue weighted by Crippen LogP contribution is 2.21. The fraction of sp³-hybridized carbons (Fsp3) is 0.321. The molecular weight excluding hydrogens is 433 g/mol. The van der Waals surface area contributed by atoms with Gasteiger partial charge in [-0.3, -0.25) is 4.79 Å². The molecule has 1 aliphatic rings. The van der Waals surface area contributed by atoms with Gasteiger partial charge in [-0.05, 0) is 60.4 Å². The van der Waals surface area contributed by atoms with E-state index in [2.05, 4.69) is 0 Å². The molecule has 1 atom stereocenters. The van der Waals surface area contributed by atoms with Crippen LogP contribution in [0.5, 0.6) is 11.5 Å². The summed E-state index contributed by atoms with van der Waals surface area (Å²) in [7, 11) is 1.59. The van der Waals surface area contributed by atoms with Crippen LogP contribution in [-0.2, 0) is 17.7 Å². The zero-order valence-electron chi connectivity index (χ0n) is 19.4. The second-order valence-electron chi connectivity index (χ2n) is 8.39. The Morgan fingerprint density at radius 2 is 1.88 bits per heavy atom. The SMILES string of the molecule is COc1cccc(C(=O)N(Cc2cccc(OCCc3ccccc3F)c2)CC2CCCO2)c1. The average molecular weight is 464 g/mol. The fourth-order valence-corrected chi connectivity index (χ4v) is 4.13. The first-order valence-electron chi connectivity index (χ1n) is 11.6. The lowest BCUT2D eigenvalue weighted by molar-refractivity contribution is 0.0507. The van der Waals surface area contributed by atoms with Crippen molar-refractivity contribution in [3.05, 3.63) is 95.3 Å². The van der Waals surface area contributed by atoms with Crippen LogP contribution in [-0.4, -0.2) is 43.8 Å². The van der Waals surface area contributed by atoms with E-state index in [4.69, 9.17) is 14.2 Å². The van der Waals surface area contributed by atoms with E-state index in [1.165, 1.54) is 6.07 Å². The van der Waals surface area contributed by atoms with Crippen molar-refractivity contribution in [2.75, 3.05) is 26.9 Å². The Kier molecular flexibility index (Phi) is 8.15. The zero-order chi connectivity index (χ0) is 23.8. The molecule has 1 aliphatic heterocycles. The molecule has 0 spiro atoms. The number of amides is 1. The van der Waals surface area contributed by atoms with Gasteiger partial charge in [0.05, 0.1) is 19.8 Å². The minimum Gasteiger partial charge on any atom is -0.497 e. The lowest BCUT2D eigenvalue weighted by atomic mass is 10.1. The molecule has 0 saturated carbocycles. The van der Waals surface area contributed by atoms with Crippen molar-refractivity contribution in [2.45, 2.75) is 31.9 Å².